The first kappa shape index (κ1) is 19.5. The maximum absolute atomic E-state index is 13.2. The Hall–Kier alpha value is -2.28. The van der Waals surface area contributed by atoms with Gasteiger partial charge in [0.1, 0.15) is 17.2 Å². The van der Waals surface area contributed by atoms with Gasteiger partial charge in [-0.1, -0.05) is 13.8 Å². The van der Waals surface area contributed by atoms with Gasteiger partial charge in [0.25, 0.3) is 5.91 Å². The number of halogens is 1. The summed E-state index contributed by atoms with van der Waals surface area (Å²) in [6, 6.07) is 6.60. The predicted octanol–water partition coefficient (Wildman–Crippen LogP) is 3.84. The molecule has 0 unspecified atom stereocenters. The highest BCUT2D eigenvalue weighted by Crippen LogP contribution is 2.42. The summed E-state index contributed by atoms with van der Waals surface area (Å²) >= 11 is 1.52. The average molecular weight is 390 g/mol. The molecule has 2 heterocycles. The van der Waals surface area contributed by atoms with Gasteiger partial charge in [-0.05, 0) is 42.7 Å². The largest absolute Gasteiger partial charge is 0.472 e. The topological polar surface area (TPSA) is 62.6 Å². The summed E-state index contributed by atoms with van der Waals surface area (Å²) in [4.78, 5) is 27.5. The van der Waals surface area contributed by atoms with Crippen molar-refractivity contribution in [2.24, 2.45) is 5.92 Å². The first-order valence-corrected chi connectivity index (χ1v) is 10.0. The lowest BCUT2D eigenvalue weighted by molar-refractivity contribution is -0.124. The number of hydrogen-bond acceptors (Lipinski definition) is 4. The predicted molar refractivity (Wildman–Crippen MR) is 103 cm³/mol. The zero-order chi connectivity index (χ0) is 19.4. The molecule has 7 heteroatoms. The maximum atomic E-state index is 13.2. The van der Waals surface area contributed by atoms with Crippen LogP contribution in [-0.4, -0.2) is 35.1 Å². The lowest BCUT2D eigenvalue weighted by atomic mass is 10.1. The average Bonchev–Trinajstić information content (AvgIpc) is 3.30. The van der Waals surface area contributed by atoms with Crippen molar-refractivity contribution in [3.8, 4) is 0 Å². The summed E-state index contributed by atoms with van der Waals surface area (Å²) in [5.41, 5.74) is 1.18. The van der Waals surface area contributed by atoms with Crippen LogP contribution in [0, 0.1) is 11.7 Å². The second kappa shape index (κ2) is 8.61. The van der Waals surface area contributed by atoms with Crippen molar-refractivity contribution in [3.63, 3.8) is 0 Å². The molecule has 1 aromatic heterocycles. The van der Waals surface area contributed by atoms with Crippen molar-refractivity contribution in [1.29, 1.82) is 0 Å². The summed E-state index contributed by atoms with van der Waals surface area (Å²) in [6.45, 7) is 4.76. The molecule has 1 aliphatic rings. The van der Waals surface area contributed by atoms with E-state index >= 15 is 0 Å². The van der Waals surface area contributed by atoms with Crippen molar-refractivity contribution in [2.75, 3.05) is 12.3 Å². The minimum Gasteiger partial charge on any atom is -0.472 e. The summed E-state index contributed by atoms with van der Waals surface area (Å²) in [7, 11) is 0. The van der Waals surface area contributed by atoms with Crippen LogP contribution in [0.4, 0.5) is 4.39 Å². The highest BCUT2D eigenvalue weighted by Gasteiger charge is 2.42. The Kier molecular flexibility index (Phi) is 6.21. The van der Waals surface area contributed by atoms with Gasteiger partial charge in [-0.2, -0.15) is 0 Å². The number of carbonyl (C=O) groups is 2. The third-order valence-corrected chi connectivity index (χ3v) is 5.80. The molecular weight excluding hydrogens is 367 g/mol. The third-order valence-electron chi connectivity index (χ3n) is 4.48. The fourth-order valence-corrected chi connectivity index (χ4v) is 4.38. The molecule has 1 fully saturated rings. The van der Waals surface area contributed by atoms with E-state index in [-0.39, 0.29) is 17.2 Å². The SMILES string of the molecule is CC(C)CCNC(=O)[C@H]1CS[C@@H](c2ccoc2)N1C(=O)c1ccc(F)cc1. The molecular formula is C20H23FN2O3S. The van der Waals surface area contributed by atoms with Crippen LogP contribution >= 0.6 is 11.8 Å². The molecule has 2 amide bonds. The van der Waals surface area contributed by atoms with Gasteiger partial charge in [0.15, 0.2) is 0 Å². The van der Waals surface area contributed by atoms with Crippen molar-refractivity contribution >= 4 is 23.6 Å². The van der Waals surface area contributed by atoms with Crippen LogP contribution < -0.4 is 5.32 Å². The normalized spacial score (nSPS) is 19.5. The number of amides is 2. The van der Waals surface area contributed by atoms with E-state index in [1.807, 2.05) is 0 Å². The smallest absolute Gasteiger partial charge is 0.255 e. The summed E-state index contributed by atoms with van der Waals surface area (Å²) in [5.74, 6) is 0.117. The first-order valence-electron chi connectivity index (χ1n) is 8.97. The van der Waals surface area contributed by atoms with Crippen LogP contribution in [0.25, 0.3) is 0 Å². The Bertz CT molecular complexity index is 777. The van der Waals surface area contributed by atoms with Gasteiger partial charge in [0.2, 0.25) is 5.91 Å². The highest BCUT2D eigenvalue weighted by molar-refractivity contribution is 7.99. The van der Waals surface area contributed by atoms with Crippen LogP contribution in [0.15, 0.2) is 47.3 Å². The lowest BCUT2D eigenvalue weighted by Crippen LogP contribution is -2.48. The van der Waals surface area contributed by atoms with E-state index in [0.717, 1.165) is 12.0 Å². The fourth-order valence-electron chi connectivity index (χ4n) is 2.97. The third kappa shape index (κ3) is 4.53. The number of furan rings is 1. The Morgan fingerprint density at radius 1 is 1.30 bits per heavy atom. The van der Waals surface area contributed by atoms with E-state index in [9.17, 15) is 14.0 Å². The van der Waals surface area contributed by atoms with Crippen LogP contribution in [0.3, 0.4) is 0 Å². The van der Waals surface area contributed by atoms with Crippen molar-refractivity contribution in [2.45, 2.75) is 31.7 Å². The molecule has 0 spiro atoms. The Morgan fingerprint density at radius 2 is 2.04 bits per heavy atom. The second-order valence-electron chi connectivity index (χ2n) is 6.95. The lowest BCUT2D eigenvalue weighted by Gasteiger charge is -2.28. The van der Waals surface area contributed by atoms with E-state index in [1.54, 1.807) is 23.5 Å². The van der Waals surface area contributed by atoms with Crippen molar-refractivity contribution < 1.29 is 18.4 Å². The van der Waals surface area contributed by atoms with Gasteiger partial charge in [-0.3, -0.25) is 9.59 Å². The second-order valence-corrected chi connectivity index (χ2v) is 8.06. The molecule has 1 N–H and O–H groups in total. The van der Waals surface area contributed by atoms with Gasteiger partial charge >= 0.3 is 0 Å². The van der Waals surface area contributed by atoms with Gasteiger partial charge in [0.05, 0.1) is 12.5 Å². The Balaban J connectivity index is 1.83. The number of rotatable bonds is 6. The zero-order valence-electron chi connectivity index (χ0n) is 15.4. The van der Waals surface area contributed by atoms with Crippen LogP contribution in [-0.2, 0) is 4.79 Å². The minimum absolute atomic E-state index is 0.162. The molecule has 27 heavy (non-hydrogen) atoms. The molecule has 3 rings (SSSR count). The Morgan fingerprint density at radius 3 is 2.67 bits per heavy atom. The molecule has 1 aromatic carbocycles. The number of thioether (sulfide) groups is 1. The first-order chi connectivity index (χ1) is 13.0. The number of nitrogens with one attached hydrogen (secondary N) is 1. The molecule has 0 saturated carbocycles. The summed E-state index contributed by atoms with van der Waals surface area (Å²) < 4.78 is 18.4. The zero-order valence-corrected chi connectivity index (χ0v) is 16.2. The van der Waals surface area contributed by atoms with E-state index in [1.165, 1.54) is 36.0 Å². The monoisotopic (exact) mass is 390 g/mol. The molecule has 1 saturated heterocycles. The number of benzene rings is 1. The molecule has 2 atom stereocenters. The van der Waals surface area contributed by atoms with Crippen molar-refractivity contribution in [3.05, 3.63) is 59.8 Å². The van der Waals surface area contributed by atoms with Crippen LogP contribution in [0.1, 0.15) is 41.6 Å². The van der Waals surface area contributed by atoms with Gasteiger partial charge < -0.3 is 14.6 Å². The highest BCUT2D eigenvalue weighted by atomic mass is 32.2. The summed E-state index contributed by atoms with van der Waals surface area (Å²) in [6.07, 6.45) is 4.01. The molecule has 144 valence electrons. The van der Waals surface area contributed by atoms with E-state index in [2.05, 4.69) is 19.2 Å². The summed E-state index contributed by atoms with van der Waals surface area (Å²) in [5, 5.41) is 2.62. The Labute approximate surface area is 162 Å². The van der Waals surface area contributed by atoms with Crippen LogP contribution in [0.2, 0.25) is 0 Å². The standard InChI is InChI=1S/C20H23FN2O3S/c1-13(2)7-9-22-18(24)17-12-27-20(15-8-10-26-11-15)23(17)19(25)14-3-5-16(21)6-4-14/h3-6,8,10-11,13,17,20H,7,9,12H2,1-2H3,(H,22,24)/t17-,20+/m1/s1. The van der Waals surface area contributed by atoms with Crippen molar-refractivity contribution in [1.82, 2.24) is 10.2 Å². The molecule has 0 radical (unpaired) electrons. The number of carbonyl (C=O) groups excluding carboxylic acids is 2. The number of hydrogen-bond donors (Lipinski definition) is 1. The fraction of sp³-hybridized carbons (Fsp3) is 0.400. The van der Waals surface area contributed by atoms with Gasteiger partial charge in [0, 0.05) is 23.4 Å². The molecule has 5 nitrogen and oxygen atoms in total. The van der Waals surface area contributed by atoms with Crippen LogP contribution in [0.5, 0.6) is 0 Å². The number of nitrogens with zero attached hydrogens (tertiary/aromatic N) is 1. The van der Waals surface area contributed by atoms with E-state index < -0.39 is 11.9 Å². The van der Waals surface area contributed by atoms with E-state index in [0.29, 0.717) is 23.8 Å². The van der Waals surface area contributed by atoms with E-state index in [4.69, 9.17) is 4.42 Å². The molecule has 1 aliphatic heterocycles. The quantitative estimate of drug-likeness (QED) is 0.814. The molecule has 0 aliphatic carbocycles. The molecule has 0 bridgehead atoms. The van der Waals surface area contributed by atoms with Gasteiger partial charge in [-0.25, -0.2) is 4.39 Å². The molecule has 2 aromatic rings. The maximum Gasteiger partial charge on any atom is 0.255 e. The van der Waals surface area contributed by atoms with Gasteiger partial charge in [-0.15, -0.1) is 11.8 Å². The minimum atomic E-state index is -0.584.